The summed E-state index contributed by atoms with van der Waals surface area (Å²) in [7, 11) is 0. The van der Waals surface area contributed by atoms with E-state index in [2.05, 4.69) is 0 Å². The maximum atomic E-state index is 13.6. The van der Waals surface area contributed by atoms with Crippen LogP contribution < -0.4 is 0 Å². The Kier molecular flexibility index (Phi) is 6.46. The first-order chi connectivity index (χ1) is 14.2. The average molecular weight is 411 g/mol. The highest BCUT2D eigenvalue weighted by Crippen LogP contribution is 2.32. The Labute approximate surface area is 178 Å². The normalized spacial score (nSPS) is 15.5. The summed E-state index contributed by atoms with van der Waals surface area (Å²) in [6.07, 6.45) is 0.239. The van der Waals surface area contributed by atoms with Gasteiger partial charge in [-0.15, -0.1) is 0 Å². The van der Waals surface area contributed by atoms with Crippen LogP contribution in [-0.4, -0.2) is 58.7 Å². The molecule has 6 heteroatoms. The van der Waals surface area contributed by atoms with Gasteiger partial charge in [-0.3, -0.25) is 4.79 Å². The highest BCUT2D eigenvalue weighted by Gasteiger charge is 2.43. The van der Waals surface area contributed by atoms with E-state index in [9.17, 15) is 14.7 Å². The summed E-state index contributed by atoms with van der Waals surface area (Å²) in [6.45, 7) is 7.16. The zero-order chi connectivity index (χ0) is 21.8. The third-order valence-electron chi connectivity index (χ3n) is 5.13. The molecule has 1 saturated heterocycles. The minimum absolute atomic E-state index is 0.333. The van der Waals surface area contributed by atoms with Crippen LogP contribution in [0.2, 0.25) is 0 Å². The van der Waals surface area contributed by atoms with Gasteiger partial charge in [0.25, 0.3) is 5.91 Å². The van der Waals surface area contributed by atoms with Crippen LogP contribution in [0, 0.1) is 0 Å². The van der Waals surface area contributed by atoms with Crippen LogP contribution in [0.1, 0.15) is 38.3 Å². The van der Waals surface area contributed by atoms with E-state index in [1.807, 2.05) is 57.2 Å². The molecule has 0 aromatic heterocycles. The Morgan fingerprint density at radius 1 is 0.800 bits per heavy atom. The number of nitrogens with zero attached hydrogens (tertiary/aromatic N) is 2. The predicted molar refractivity (Wildman–Crippen MR) is 115 cm³/mol. The molecule has 0 unspecified atom stereocenters. The van der Waals surface area contributed by atoms with E-state index in [-0.39, 0.29) is 12.0 Å². The molecule has 2 aromatic rings. The third-order valence-corrected chi connectivity index (χ3v) is 5.13. The summed E-state index contributed by atoms with van der Waals surface area (Å²) in [5.41, 5.74) is -1.31. The number of benzene rings is 2. The molecule has 1 aliphatic heterocycles. The molecule has 1 aliphatic rings. The molecule has 1 N–H and O–H groups in total. The van der Waals surface area contributed by atoms with Gasteiger partial charge in [0.2, 0.25) is 0 Å². The Morgan fingerprint density at radius 3 is 1.77 bits per heavy atom. The fourth-order valence-electron chi connectivity index (χ4n) is 3.63. The van der Waals surface area contributed by atoms with Crippen molar-refractivity contribution in [1.82, 2.24) is 9.80 Å². The van der Waals surface area contributed by atoms with E-state index in [1.54, 1.807) is 34.1 Å². The van der Waals surface area contributed by atoms with E-state index in [1.165, 1.54) is 0 Å². The van der Waals surface area contributed by atoms with Crippen molar-refractivity contribution >= 4 is 12.0 Å². The average Bonchev–Trinajstić information content (AvgIpc) is 2.99. The van der Waals surface area contributed by atoms with Crippen LogP contribution in [0.25, 0.3) is 0 Å². The molecule has 1 fully saturated rings. The largest absolute Gasteiger partial charge is 0.444 e. The lowest BCUT2D eigenvalue weighted by Crippen LogP contribution is -2.49. The van der Waals surface area contributed by atoms with Crippen molar-refractivity contribution in [2.24, 2.45) is 0 Å². The predicted octanol–water partition coefficient (Wildman–Crippen LogP) is 3.39. The molecule has 2 amide bonds. The Hall–Kier alpha value is -2.86. The van der Waals surface area contributed by atoms with Gasteiger partial charge >= 0.3 is 6.09 Å². The molecular formula is C24H30N2O4. The summed E-state index contributed by atoms with van der Waals surface area (Å²) < 4.78 is 5.47. The molecule has 0 radical (unpaired) electrons. The summed E-state index contributed by atoms with van der Waals surface area (Å²) >= 11 is 0. The molecule has 0 aliphatic carbocycles. The van der Waals surface area contributed by atoms with Crippen molar-refractivity contribution < 1.29 is 19.4 Å². The summed E-state index contributed by atoms with van der Waals surface area (Å²) in [5, 5.41) is 11.7. The second kappa shape index (κ2) is 8.88. The Morgan fingerprint density at radius 2 is 1.27 bits per heavy atom. The van der Waals surface area contributed by atoms with Gasteiger partial charge < -0.3 is 19.6 Å². The molecule has 1 heterocycles. The van der Waals surface area contributed by atoms with Gasteiger partial charge in [0.1, 0.15) is 5.60 Å². The number of hydrogen-bond donors (Lipinski definition) is 1. The maximum Gasteiger partial charge on any atom is 0.410 e. The molecule has 6 nitrogen and oxygen atoms in total. The van der Waals surface area contributed by atoms with Crippen molar-refractivity contribution in [3.63, 3.8) is 0 Å². The first kappa shape index (κ1) is 21.8. The summed E-state index contributed by atoms with van der Waals surface area (Å²) in [6, 6.07) is 18.0. The number of carbonyl (C=O) groups excluding carboxylic acids is 2. The monoisotopic (exact) mass is 410 g/mol. The second-order valence-corrected chi connectivity index (χ2v) is 8.56. The fourth-order valence-corrected chi connectivity index (χ4v) is 3.63. The van der Waals surface area contributed by atoms with Crippen molar-refractivity contribution in [2.45, 2.75) is 38.4 Å². The number of rotatable bonds is 3. The van der Waals surface area contributed by atoms with Crippen molar-refractivity contribution in [1.29, 1.82) is 0 Å². The zero-order valence-corrected chi connectivity index (χ0v) is 17.9. The summed E-state index contributed by atoms with van der Waals surface area (Å²) in [5.74, 6) is -0.383. The lowest BCUT2D eigenvalue weighted by molar-refractivity contribution is -0.148. The first-order valence-electron chi connectivity index (χ1n) is 10.3. The molecule has 0 saturated carbocycles. The molecule has 0 bridgehead atoms. The smallest absolute Gasteiger partial charge is 0.410 e. The third kappa shape index (κ3) is 4.82. The molecule has 30 heavy (non-hydrogen) atoms. The molecule has 3 rings (SSSR count). The molecule has 160 valence electrons. The van der Waals surface area contributed by atoms with Crippen LogP contribution in [0.3, 0.4) is 0 Å². The van der Waals surface area contributed by atoms with Crippen LogP contribution in [0.4, 0.5) is 4.79 Å². The fraction of sp³-hybridized carbons (Fsp3) is 0.417. The number of amides is 2. The van der Waals surface area contributed by atoms with E-state index in [0.29, 0.717) is 43.7 Å². The molecular weight excluding hydrogens is 380 g/mol. The van der Waals surface area contributed by atoms with Gasteiger partial charge in [-0.2, -0.15) is 0 Å². The maximum absolute atomic E-state index is 13.6. The zero-order valence-electron chi connectivity index (χ0n) is 17.9. The van der Waals surface area contributed by atoms with Crippen molar-refractivity contribution in [3.8, 4) is 0 Å². The molecule has 0 spiro atoms. The van der Waals surface area contributed by atoms with Gasteiger partial charge in [-0.05, 0) is 38.3 Å². The number of hydrogen-bond acceptors (Lipinski definition) is 4. The minimum Gasteiger partial charge on any atom is -0.444 e. The highest BCUT2D eigenvalue weighted by atomic mass is 16.6. The number of ether oxygens (including phenoxy) is 1. The van der Waals surface area contributed by atoms with E-state index < -0.39 is 11.2 Å². The number of carbonyl (C=O) groups is 2. The van der Waals surface area contributed by atoms with E-state index in [0.717, 1.165) is 0 Å². The van der Waals surface area contributed by atoms with Gasteiger partial charge in [-0.25, -0.2) is 4.79 Å². The van der Waals surface area contributed by atoms with E-state index in [4.69, 9.17) is 4.74 Å². The van der Waals surface area contributed by atoms with Crippen LogP contribution in [-0.2, 0) is 15.1 Å². The second-order valence-electron chi connectivity index (χ2n) is 8.56. The number of aliphatic hydroxyl groups is 1. The van der Waals surface area contributed by atoms with E-state index >= 15 is 0 Å². The Balaban J connectivity index is 1.83. The highest BCUT2D eigenvalue weighted by molar-refractivity contribution is 5.90. The van der Waals surface area contributed by atoms with Gasteiger partial charge in [-0.1, -0.05) is 60.7 Å². The summed E-state index contributed by atoms with van der Waals surface area (Å²) in [4.78, 5) is 29.3. The van der Waals surface area contributed by atoms with Crippen LogP contribution in [0.5, 0.6) is 0 Å². The first-order valence-corrected chi connectivity index (χ1v) is 10.3. The lowest BCUT2D eigenvalue weighted by atomic mass is 9.85. The molecule has 0 atom stereocenters. The van der Waals surface area contributed by atoms with Crippen LogP contribution >= 0.6 is 0 Å². The topological polar surface area (TPSA) is 70.1 Å². The van der Waals surface area contributed by atoms with Crippen molar-refractivity contribution in [2.75, 3.05) is 26.2 Å². The quantitative estimate of drug-likeness (QED) is 0.842. The van der Waals surface area contributed by atoms with Crippen molar-refractivity contribution in [3.05, 3.63) is 71.8 Å². The van der Waals surface area contributed by atoms with Gasteiger partial charge in [0.05, 0.1) is 0 Å². The minimum atomic E-state index is -1.79. The SMILES string of the molecule is CC(C)(C)OC(=O)N1CCCN(C(=O)C(O)(c2ccccc2)c2ccccc2)CC1. The van der Waals surface area contributed by atoms with Crippen LogP contribution in [0.15, 0.2) is 60.7 Å². The Bertz CT molecular complexity index is 822. The van der Waals surface area contributed by atoms with Gasteiger partial charge in [0.15, 0.2) is 5.60 Å². The standard InChI is InChI=1S/C24H30N2O4/c1-23(2,3)30-22(28)26-16-10-15-25(17-18-26)21(27)24(29,19-11-6-4-7-12-19)20-13-8-5-9-14-20/h4-9,11-14,29H,10,15-18H2,1-3H3. The van der Waals surface area contributed by atoms with Gasteiger partial charge in [0, 0.05) is 26.2 Å². The molecule has 2 aromatic carbocycles. The lowest BCUT2D eigenvalue weighted by Gasteiger charge is -2.33.